The molecule has 0 spiro atoms. The number of nitrogens with zero attached hydrogens (tertiary/aromatic N) is 1. The molecule has 1 heterocycles. The lowest BCUT2D eigenvalue weighted by Crippen LogP contribution is -1.92. The molecule has 1 aromatic heterocycles. The van der Waals surface area contributed by atoms with Crippen molar-refractivity contribution in [2.45, 2.75) is 6.92 Å². The van der Waals surface area contributed by atoms with Gasteiger partial charge in [-0.25, -0.2) is 0 Å². The van der Waals surface area contributed by atoms with Gasteiger partial charge in [0.25, 0.3) is 0 Å². The molecule has 0 aliphatic carbocycles. The van der Waals surface area contributed by atoms with Crippen LogP contribution in [0.2, 0.25) is 20.1 Å². The summed E-state index contributed by atoms with van der Waals surface area (Å²) in [5.41, 5.74) is 4.52. The van der Waals surface area contributed by atoms with E-state index >= 15 is 0 Å². The summed E-state index contributed by atoms with van der Waals surface area (Å²) < 4.78 is 1.16. The number of rotatable bonds is 3. The summed E-state index contributed by atoms with van der Waals surface area (Å²) >= 11 is 25.8. The maximum absolute atomic E-state index is 6.11. The van der Waals surface area contributed by atoms with Crippen LogP contribution in [0.4, 0.5) is 5.69 Å². The highest BCUT2D eigenvalue weighted by Gasteiger charge is 2.09. The Kier molecular flexibility index (Phi) is 5.04. The van der Waals surface area contributed by atoms with E-state index in [9.17, 15) is 0 Å². The van der Waals surface area contributed by atoms with E-state index < -0.39 is 0 Å². The molecule has 2 aromatic carbocycles. The number of halogens is 4. The second kappa shape index (κ2) is 6.88. The largest absolute Gasteiger partial charge is 0.275 e. The van der Waals surface area contributed by atoms with Gasteiger partial charge in [-0.15, -0.1) is 11.3 Å². The number of benzene rings is 2. The van der Waals surface area contributed by atoms with Crippen LogP contribution in [0.5, 0.6) is 0 Å². The molecule has 0 saturated carbocycles. The van der Waals surface area contributed by atoms with Gasteiger partial charge in [-0.2, -0.15) is 5.10 Å². The summed E-state index contributed by atoms with van der Waals surface area (Å²) in [6.45, 7) is 2.04. The van der Waals surface area contributed by atoms with E-state index in [2.05, 4.69) is 10.5 Å². The van der Waals surface area contributed by atoms with Crippen LogP contribution in [0.3, 0.4) is 0 Å². The molecule has 0 atom stereocenters. The van der Waals surface area contributed by atoms with Crippen LogP contribution in [0.15, 0.2) is 35.4 Å². The summed E-state index contributed by atoms with van der Waals surface area (Å²) in [4.78, 5) is 1.04. The predicted octanol–water partition coefficient (Wildman–Crippen LogP) is 7.27. The van der Waals surface area contributed by atoms with Gasteiger partial charge in [-0.05, 0) is 48.2 Å². The van der Waals surface area contributed by atoms with Crippen molar-refractivity contribution in [3.8, 4) is 0 Å². The zero-order valence-corrected chi connectivity index (χ0v) is 15.7. The number of hydrazone groups is 1. The van der Waals surface area contributed by atoms with Gasteiger partial charge in [0.1, 0.15) is 0 Å². The first-order valence-electron chi connectivity index (χ1n) is 6.58. The van der Waals surface area contributed by atoms with E-state index in [-0.39, 0.29) is 0 Å². The van der Waals surface area contributed by atoms with Crippen LogP contribution < -0.4 is 5.43 Å². The first-order chi connectivity index (χ1) is 11.0. The van der Waals surface area contributed by atoms with Gasteiger partial charge in [0, 0.05) is 14.7 Å². The quantitative estimate of drug-likeness (QED) is 0.360. The smallest absolute Gasteiger partial charge is 0.0935 e. The summed E-state index contributed by atoms with van der Waals surface area (Å²) in [5, 5.41) is 7.40. The van der Waals surface area contributed by atoms with Crippen molar-refractivity contribution in [1.29, 1.82) is 0 Å². The fourth-order valence-electron chi connectivity index (χ4n) is 2.14. The second-order valence-corrected chi connectivity index (χ2v) is 7.62. The van der Waals surface area contributed by atoms with Crippen LogP contribution in [-0.4, -0.2) is 6.21 Å². The van der Waals surface area contributed by atoms with E-state index in [1.807, 2.05) is 25.1 Å². The van der Waals surface area contributed by atoms with Crippen molar-refractivity contribution in [2.75, 3.05) is 5.43 Å². The van der Waals surface area contributed by atoms with Crippen LogP contribution in [0, 0.1) is 6.92 Å². The van der Waals surface area contributed by atoms with Gasteiger partial charge in [0.05, 0.1) is 26.8 Å². The van der Waals surface area contributed by atoms with Crippen molar-refractivity contribution >= 4 is 79.7 Å². The Morgan fingerprint density at radius 1 is 1.00 bits per heavy atom. The minimum Gasteiger partial charge on any atom is -0.275 e. The second-order valence-electron chi connectivity index (χ2n) is 4.85. The molecular weight excluding hydrogens is 394 g/mol. The predicted molar refractivity (Wildman–Crippen MR) is 104 cm³/mol. The number of nitrogens with one attached hydrogen (secondary N) is 1. The Hall–Kier alpha value is -0.970. The molecule has 0 aliphatic rings. The topological polar surface area (TPSA) is 24.4 Å². The SMILES string of the molecule is Cc1c(/C=N\Nc2c(Cl)cc(Cl)cc2Cl)sc2ccc(Cl)cc12. The third-order valence-electron chi connectivity index (χ3n) is 3.30. The lowest BCUT2D eigenvalue weighted by atomic mass is 10.1. The van der Waals surface area contributed by atoms with Gasteiger partial charge in [-0.1, -0.05) is 46.4 Å². The minimum absolute atomic E-state index is 0.416. The molecule has 3 rings (SSSR count). The van der Waals surface area contributed by atoms with E-state index in [0.717, 1.165) is 25.5 Å². The maximum atomic E-state index is 6.11. The molecule has 118 valence electrons. The first-order valence-corrected chi connectivity index (χ1v) is 8.91. The number of hydrogen-bond acceptors (Lipinski definition) is 3. The number of thiophene rings is 1. The lowest BCUT2D eigenvalue weighted by molar-refractivity contribution is 1.35. The molecule has 0 unspecified atom stereocenters. The average Bonchev–Trinajstić information content (AvgIpc) is 2.78. The van der Waals surface area contributed by atoms with Crippen molar-refractivity contribution in [3.63, 3.8) is 0 Å². The maximum Gasteiger partial charge on any atom is 0.0935 e. The molecular formula is C16H10Cl4N2S. The molecule has 3 aromatic rings. The molecule has 0 aliphatic heterocycles. The van der Waals surface area contributed by atoms with Crippen molar-refractivity contribution in [2.24, 2.45) is 5.10 Å². The van der Waals surface area contributed by atoms with Crippen LogP contribution in [0.25, 0.3) is 10.1 Å². The van der Waals surface area contributed by atoms with Crippen molar-refractivity contribution < 1.29 is 0 Å². The summed E-state index contributed by atoms with van der Waals surface area (Å²) in [5.74, 6) is 0. The Morgan fingerprint density at radius 2 is 1.70 bits per heavy atom. The molecule has 0 bridgehead atoms. The van der Waals surface area contributed by atoms with Gasteiger partial charge >= 0.3 is 0 Å². The van der Waals surface area contributed by atoms with Gasteiger partial charge in [0.2, 0.25) is 0 Å². The molecule has 23 heavy (non-hydrogen) atoms. The fourth-order valence-corrected chi connectivity index (χ4v) is 4.28. The monoisotopic (exact) mass is 402 g/mol. The van der Waals surface area contributed by atoms with Crippen LogP contribution in [-0.2, 0) is 0 Å². The average molecular weight is 404 g/mol. The summed E-state index contributed by atoms with van der Waals surface area (Å²) in [6, 6.07) is 9.07. The number of hydrogen-bond donors (Lipinski definition) is 1. The van der Waals surface area contributed by atoms with Crippen molar-refractivity contribution in [1.82, 2.24) is 0 Å². The molecule has 0 amide bonds. The van der Waals surface area contributed by atoms with Gasteiger partial charge < -0.3 is 0 Å². The molecule has 1 N–H and O–H groups in total. The standard InChI is InChI=1S/C16H10Cl4N2S/c1-8-11-4-9(17)2-3-14(11)23-15(8)7-21-22-16-12(19)5-10(18)6-13(16)20/h2-7,22H,1H3/b21-7-. The highest BCUT2D eigenvalue weighted by atomic mass is 35.5. The highest BCUT2D eigenvalue weighted by molar-refractivity contribution is 7.20. The zero-order valence-electron chi connectivity index (χ0n) is 11.8. The number of fused-ring (bicyclic) bond motifs is 1. The number of anilines is 1. The van der Waals surface area contributed by atoms with Crippen LogP contribution >= 0.6 is 57.7 Å². The van der Waals surface area contributed by atoms with E-state index in [4.69, 9.17) is 46.4 Å². The zero-order chi connectivity index (χ0) is 16.6. The third-order valence-corrected chi connectivity index (χ3v) is 5.56. The normalized spacial score (nSPS) is 11.5. The van der Waals surface area contributed by atoms with E-state index in [0.29, 0.717) is 20.8 Å². The summed E-state index contributed by atoms with van der Waals surface area (Å²) in [6.07, 6.45) is 1.75. The van der Waals surface area contributed by atoms with Crippen molar-refractivity contribution in [3.05, 3.63) is 60.9 Å². The lowest BCUT2D eigenvalue weighted by Gasteiger charge is -2.06. The molecule has 2 nitrogen and oxygen atoms in total. The first kappa shape index (κ1) is 16.9. The van der Waals surface area contributed by atoms with Crippen LogP contribution in [0.1, 0.15) is 10.4 Å². The van der Waals surface area contributed by atoms with Gasteiger partial charge in [-0.3, -0.25) is 5.43 Å². The van der Waals surface area contributed by atoms with E-state index in [1.165, 1.54) is 0 Å². The van der Waals surface area contributed by atoms with Gasteiger partial charge in [0.15, 0.2) is 0 Å². The molecule has 7 heteroatoms. The number of aryl methyl sites for hydroxylation is 1. The Labute approximate surface area is 157 Å². The summed E-state index contributed by atoms with van der Waals surface area (Å²) in [7, 11) is 0. The Morgan fingerprint density at radius 3 is 2.39 bits per heavy atom. The molecule has 0 radical (unpaired) electrons. The Bertz CT molecular complexity index is 895. The third kappa shape index (κ3) is 3.59. The fraction of sp³-hybridized carbons (Fsp3) is 0.0625. The molecule has 0 fully saturated rings. The minimum atomic E-state index is 0.416. The molecule has 0 saturated heterocycles. The Balaban J connectivity index is 1.88. The highest BCUT2D eigenvalue weighted by Crippen LogP contribution is 2.34. The van der Waals surface area contributed by atoms with E-state index in [1.54, 1.807) is 29.7 Å².